The molecule has 1 aromatic carbocycles. The molecule has 0 atom stereocenters. The van der Waals surface area contributed by atoms with Gasteiger partial charge in [-0.2, -0.15) is 0 Å². The van der Waals surface area contributed by atoms with Crippen LogP contribution in [0.5, 0.6) is 0 Å². The Balaban J connectivity index is 2.98. The molecule has 0 aliphatic heterocycles. The van der Waals surface area contributed by atoms with Crippen molar-refractivity contribution in [2.45, 2.75) is 6.92 Å². The fourth-order valence-electron chi connectivity index (χ4n) is 1.57. The second-order valence-electron chi connectivity index (χ2n) is 3.30. The molecular weight excluding hydrogens is 194 g/mol. The number of nitrogens with two attached hydrogens (primary N) is 1. The Labute approximate surface area is 84.9 Å². The van der Waals surface area contributed by atoms with Gasteiger partial charge in [0.25, 0.3) is 5.82 Å². The summed E-state index contributed by atoms with van der Waals surface area (Å²) in [7, 11) is 0. The number of hydrogen-bond acceptors (Lipinski definition) is 2. The lowest BCUT2D eigenvalue weighted by atomic mass is 10.1. The molecule has 76 valence electrons. The minimum Gasteiger partial charge on any atom is -0.366 e. The first-order valence-corrected chi connectivity index (χ1v) is 4.44. The molecule has 0 aliphatic rings. The number of benzene rings is 1. The molecule has 2 rings (SSSR count). The maximum absolute atomic E-state index is 11.6. The standard InChI is InChI=1S/C10H9N3O2/c1-5-12-7-4-2-3-6(9(11)14)8(7)10(15)13-5/h2-4H,1H3,(H2,11,14)(H,12,13,15)/p+1. The van der Waals surface area contributed by atoms with Crippen LogP contribution in [-0.4, -0.2) is 10.9 Å². The van der Waals surface area contributed by atoms with E-state index in [1.807, 2.05) is 0 Å². The van der Waals surface area contributed by atoms with Crippen molar-refractivity contribution in [2.24, 2.45) is 5.73 Å². The van der Waals surface area contributed by atoms with Gasteiger partial charge >= 0.3 is 5.56 Å². The molecule has 0 saturated carbocycles. The molecule has 15 heavy (non-hydrogen) atoms. The number of carbonyl (C=O) groups is 1. The Morgan fingerprint density at radius 3 is 2.87 bits per heavy atom. The van der Waals surface area contributed by atoms with E-state index in [4.69, 9.17) is 5.73 Å². The Morgan fingerprint density at radius 1 is 1.47 bits per heavy atom. The number of nitrogens with one attached hydrogen (secondary N) is 2. The molecule has 2 aromatic rings. The third-order valence-corrected chi connectivity index (χ3v) is 2.18. The zero-order valence-corrected chi connectivity index (χ0v) is 8.13. The van der Waals surface area contributed by atoms with Crippen LogP contribution in [0.3, 0.4) is 0 Å². The van der Waals surface area contributed by atoms with Crippen LogP contribution < -0.4 is 16.3 Å². The van der Waals surface area contributed by atoms with Gasteiger partial charge in [0.05, 0.1) is 5.56 Å². The van der Waals surface area contributed by atoms with Gasteiger partial charge in [0, 0.05) is 6.92 Å². The number of primary amides is 1. The van der Waals surface area contributed by atoms with E-state index in [1.165, 1.54) is 6.07 Å². The summed E-state index contributed by atoms with van der Waals surface area (Å²) >= 11 is 0. The Hall–Kier alpha value is -2.17. The molecule has 0 aliphatic carbocycles. The summed E-state index contributed by atoms with van der Waals surface area (Å²) < 4.78 is 0. The molecular formula is C10H10N3O2+. The lowest BCUT2D eigenvalue weighted by Crippen LogP contribution is -2.24. The number of carbonyl (C=O) groups excluding carboxylic acids is 1. The fraction of sp³-hybridized carbons (Fsp3) is 0.100. The molecule has 0 bridgehead atoms. The van der Waals surface area contributed by atoms with Crippen molar-refractivity contribution in [3.05, 3.63) is 39.9 Å². The molecule has 1 heterocycles. The van der Waals surface area contributed by atoms with Crippen molar-refractivity contribution in [2.75, 3.05) is 0 Å². The number of rotatable bonds is 1. The van der Waals surface area contributed by atoms with E-state index >= 15 is 0 Å². The average molecular weight is 204 g/mol. The Kier molecular flexibility index (Phi) is 2.00. The van der Waals surface area contributed by atoms with E-state index < -0.39 is 5.91 Å². The highest BCUT2D eigenvalue weighted by Crippen LogP contribution is 2.09. The summed E-state index contributed by atoms with van der Waals surface area (Å²) in [6, 6.07) is 4.94. The first-order chi connectivity index (χ1) is 7.09. The molecule has 0 saturated heterocycles. The van der Waals surface area contributed by atoms with E-state index in [2.05, 4.69) is 9.97 Å². The summed E-state index contributed by atoms with van der Waals surface area (Å²) in [5.41, 5.74) is 5.70. The maximum atomic E-state index is 11.6. The normalized spacial score (nSPS) is 10.5. The van der Waals surface area contributed by atoms with Crippen LogP contribution in [0.15, 0.2) is 23.0 Å². The smallest absolute Gasteiger partial charge is 0.343 e. The van der Waals surface area contributed by atoms with Crippen LogP contribution in [0, 0.1) is 6.92 Å². The monoisotopic (exact) mass is 204 g/mol. The third-order valence-electron chi connectivity index (χ3n) is 2.18. The highest BCUT2D eigenvalue weighted by Gasteiger charge is 2.14. The van der Waals surface area contributed by atoms with Gasteiger partial charge in [-0.15, -0.1) is 0 Å². The molecule has 4 N–H and O–H groups in total. The highest BCUT2D eigenvalue weighted by molar-refractivity contribution is 6.04. The number of aromatic nitrogens is 2. The quantitative estimate of drug-likeness (QED) is 0.670. The van der Waals surface area contributed by atoms with Crippen molar-refractivity contribution in [3.8, 4) is 0 Å². The Bertz CT molecular complexity index is 601. The average Bonchev–Trinajstić information content (AvgIpc) is 2.16. The van der Waals surface area contributed by atoms with E-state index in [1.54, 1.807) is 19.1 Å². The van der Waals surface area contributed by atoms with Crippen LogP contribution in [0.25, 0.3) is 10.9 Å². The molecule has 5 nitrogen and oxygen atoms in total. The van der Waals surface area contributed by atoms with Gasteiger partial charge in [0.15, 0.2) is 0 Å². The molecule has 1 amide bonds. The SMILES string of the molecule is Cc1[nH]c(=O)c2c(C(N)=O)cccc2[nH+]1. The van der Waals surface area contributed by atoms with Crippen molar-refractivity contribution in [1.82, 2.24) is 4.98 Å². The van der Waals surface area contributed by atoms with Gasteiger partial charge in [-0.25, -0.2) is 14.8 Å². The summed E-state index contributed by atoms with van der Waals surface area (Å²) in [6.07, 6.45) is 0. The second kappa shape index (κ2) is 3.20. The van der Waals surface area contributed by atoms with Gasteiger partial charge in [0.1, 0.15) is 10.9 Å². The van der Waals surface area contributed by atoms with Crippen LogP contribution in [-0.2, 0) is 0 Å². The zero-order valence-electron chi connectivity index (χ0n) is 8.13. The Morgan fingerprint density at radius 2 is 2.20 bits per heavy atom. The zero-order chi connectivity index (χ0) is 11.0. The summed E-state index contributed by atoms with van der Waals surface area (Å²) in [4.78, 5) is 28.3. The predicted octanol–water partition coefficient (Wildman–Crippen LogP) is -0.250. The number of aromatic amines is 2. The van der Waals surface area contributed by atoms with Crippen molar-refractivity contribution in [3.63, 3.8) is 0 Å². The van der Waals surface area contributed by atoms with E-state index in [-0.39, 0.29) is 11.1 Å². The van der Waals surface area contributed by atoms with Gasteiger partial charge in [-0.05, 0) is 12.1 Å². The van der Waals surface area contributed by atoms with E-state index in [9.17, 15) is 9.59 Å². The molecule has 0 radical (unpaired) electrons. The molecule has 5 heteroatoms. The van der Waals surface area contributed by atoms with Gasteiger partial charge in [-0.3, -0.25) is 4.79 Å². The van der Waals surface area contributed by atoms with Crippen LogP contribution in [0.4, 0.5) is 0 Å². The number of aryl methyl sites for hydroxylation is 1. The first kappa shape index (κ1) is 9.39. The maximum Gasteiger partial charge on any atom is 0.343 e. The predicted molar refractivity (Wildman–Crippen MR) is 54.4 cm³/mol. The topological polar surface area (TPSA) is 90.1 Å². The van der Waals surface area contributed by atoms with E-state index in [0.29, 0.717) is 16.7 Å². The largest absolute Gasteiger partial charge is 0.366 e. The number of hydrogen-bond donors (Lipinski definition) is 2. The summed E-state index contributed by atoms with van der Waals surface area (Å²) in [5, 5.41) is 0.301. The summed E-state index contributed by atoms with van der Waals surface area (Å²) in [5.74, 6) is 0.0254. The van der Waals surface area contributed by atoms with Crippen molar-refractivity contribution < 1.29 is 9.78 Å². The summed E-state index contributed by atoms with van der Waals surface area (Å²) in [6.45, 7) is 1.73. The van der Waals surface area contributed by atoms with E-state index in [0.717, 1.165) is 0 Å². The molecule has 0 spiro atoms. The molecule has 0 fully saturated rings. The van der Waals surface area contributed by atoms with Crippen LogP contribution >= 0.6 is 0 Å². The minimum atomic E-state index is -0.608. The lowest BCUT2D eigenvalue weighted by Gasteiger charge is -1.98. The van der Waals surface area contributed by atoms with Gasteiger partial charge in [-0.1, -0.05) is 6.07 Å². The fourth-order valence-corrected chi connectivity index (χ4v) is 1.57. The highest BCUT2D eigenvalue weighted by atomic mass is 16.1. The lowest BCUT2D eigenvalue weighted by molar-refractivity contribution is -0.360. The molecule has 0 unspecified atom stereocenters. The number of fused-ring (bicyclic) bond motifs is 1. The van der Waals surface area contributed by atoms with Crippen LogP contribution in [0.1, 0.15) is 16.2 Å². The second-order valence-corrected chi connectivity index (χ2v) is 3.30. The number of amides is 1. The first-order valence-electron chi connectivity index (χ1n) is 4.44. The van der Waals surface area contributed by atoms with Crippen molar-refractivity contribution >= 4 is 16.8 Å². The third kappa shape index (κ3) is 1.48. The van der Waals surface area contributed by atoms with Crippen LogP contribution in [0.2, 0.25) is 0 Å². The van der Waals surface area contributed by atoms with Gasteiger partial charge < -0.3 is 5.73 Å². The molecule has 1 aromatic heterocycles. The van der Waals surface area contributed by atoms with Gasteiger partial charge in [0.2, 0.25) is 5.91 Å². The minimum absolute atomic E-state index is 0.227. The van der Waals surface area contributed by atoms with Crippen molar-refractivity contribution in [1.29, 1.82) is 0 Å². The number of H-pyrrole nitrogens is 2.